The van der Waals surface area contributed by atoms with E-state index in [1.165, 1.54) is 140 Å². The molecule has 2 rings (SSSR count). The van der Waals surface area contributed by atoms with E-state index >= 15 is 0 Å². The van der Waals surface area contributed by atoms with Crippen molar-refractivity contribution in [3.05, 3.63) is 29.3 Å². The number of aryl methyl sites for hydroxylation is 1. The molecule has 1 aliphatic rings. The number of ether oxygens (including phenoxy) is 1. The summed E-state index contributed by atoms with van der Waals surface area (Å²) < 4.78 is 5.36. The average Bonchev–Trinajstić information content (AvgIpc) is 2.80. The normalized spacial score (nSPS) is 15.2. The van der Waals surface area contributed by atoms with Crippen molar-refractivity contribution in [2.24, 2.45) is 0 Å². The van der Waals surface area contributed by atoms with Gasteiger partial charge in [0.25, 0.3) is 0 Å². The van der Waals surface area contributed by atoms with Crippen LogP contribution in [0.2, 0.25) is 0 Å². The molecule has 32 heavy (non-hydrogen) atoms. The van der Waals surface area contributed by atoms with Gasteiger partial charge in [-0.2, -0.15) is 0 Å². The van der Waals surface area contributed by atoms with E-state index in [1.54, 1.807) is 7.11 Å². The van der Waals surface area contributed by atoms with Crippen LogP contribution in [-0.2, 0) is 12.8 Å². The van der Waals surface area contributed by atoms with Crippen molar-refractivity contribution >= 4 is 12.4 Å². The van der Waals surface area contributed by atoms with Crippen LogP contribution in [0.25, 0.3) is 0 Å². The second-order valence-electron chi connectivity index (χ2n) is 9.83. The smallest absolute Gasteiger partial charge is 0.119 e. The standard InChI is InChI=1S/C29H51NO.ClH/c1-3-4-5-6-7-8-9-10-11-12-13-14-15-16-17-18-23-30-28-21-19-27-25-29(31-2)22-20-26(27)24-28;/h20,22,25,28,30H,3-19,21,23-24H2,1-2H3;1H. The molecule has 1 aliphatic carbocycles. The average molecular weight is 466 g/mol. The zero-order valence-corrected chi connectivity index (χ0v) is 22.1. The Hall–Kier alpha value is -0.730. The molecule has 1 atom stereocenters. The fourth-order valence-corrected chi connectivity index (χ4v) is 5.01. The maximum absolute atomic E-state index is 5.36. The van der Waals surface area contributed by atoms with Gasteiger partial charge in [0.05, 0.1) is 7.11 Å². The topological polar surface area (TPSA) is 21.3 Å². The highest BCUT2D eigenvalue weighted by Gasteiger charge is 2.18. The first-order valence-electron chi connectivity index (χ1n) is 13.7. The quantitative estimate of drug-likeness (QED) is 0.206. The molecular weight excluding hydrogens is 414 g/mol. The molecule has 0 saturated carbocycles. The van der Waals surface area contributed by atoms with Gasteiger partial charge in [0.1, 0.15) is 5.75 Å². The molecule has 1 N–H and O–H groups in total. The van der Waals surface area contributed by atoms with Gasteiger partial charge in [0.2, 0.25) is 0 Å². The number of hydrogen-bond acceptors (Lipinski definition) is 2. The van der Waals surface area contributed by atoms with E-state index in [2.05, 4.69) is 30.4 Å². The van der Waals surface area contributed by atoms with E-state index in [9.17, 15) is 0 Å². The lowest BCUT2D eigenvalue weighted by Gasteiger charge is -2.26. The molecule has 0 bridgehead atoms. The molecule has 2 nitrogen and oxygen atoms in total. The van der Waals surface area contributed by atoms with Crippen molar-refractivity contribution in [3.63, 3.8) is 0 Å². The summed E-state index contributed by atoms with van der Waals surface area (Å²) >= 11 is 0. The van der Waals surface area contributed by atoms with Crippen LogP contribution >= 0.6 is 12.4 Å². The summed E-state index contributed by atoms with van der Waals surface area (Å²) in [6.07, 6.45) is 26.7. The van der Waals surface area contributed by atoms with Crippen LogP contribution in [0.4, 0.5) is 0 Å². The maximum atomic E-state index is 5.36. The van der Waals surface area contributed by atoms with Gasteiger partial charge < -0.3 is 10.1 Å². The SMILES string of the molecule is CCCCCCCCCCCCCCCCCCNC1CCc2cc(OC)ccc2C1.Cl. The third-order valence-corrected chi connectivity index (χ3v) is 7.11. The largest absolute Gasteiger partial charge is 0.497 e. The van der Waals surface area contributed by atoms with E-state index in [0.717, 1.165) is 5.75 Å². The van der Waals surface area contributed by atoms with E-state index in [1.807, 2.05) is 0 Å². The number of benzene rings is 1. The van der Waals surface area contributed by atoms with Gasteiger partial charge in [0, 0.05) is 6.04 Å². The van der Waals surface area contributed by atoms with Crippen LogP contribution in [0, 0.1) is 0 Å². The van der Waals surface area contributed by atoms with E-state index in [0.29, 0.717) is 6.04 Å². The van der Waals surface area contributed by atoms with Crippen molar-refractivity contribution in [1.82, 2.24) is 5.32 Å². The third kappa shape index (κ3) is 13.1. The van der Waals surface area contributed by atoms with Crippen molar-refractivity contribution in [2.45, 2.75) is 135 Å². The van der Waals surface area contributed by atoms with E-state index in [4.69, 9.17) is 4.74 Å². The van der Waals surface area contributed by atoms with Crippen molar-refractivity contribution < 1.29 is 4.74 Å². The predicted octanol–water partition coefficient (Wildman–Crippen LogP) is 8.83. The first-order chi connectivity index (χ1) is 15.3. The number of fused-ring (bicyclic) bond motifs is 1. The Morgan fingerprint density at radius 2 is 1.28 bits per heavy atom. The van der Waals surface area contributed by atoms with Crippen LogP contribution in [0.5, 0.6) is 5.75 Å². The summed E-state index contributed by atoms with van der Waals surface area (Å²) in [4.78, 5) is 0. The molecule has 1 unspecified atom stereocenters. The van der Waals surface area contributed by atoms with Gasteiger partial charge in [-0.25, -0.2) is 0 Å². The minimum Gasteiger partial charge on any atom is -0.497 e. The molecule has 3 heteroatoms. The van der Waals surface area contributed by atoms with Crippen molar-refractivity contribution in [3.8, 4) is 5.75 Å². The number of methoxy groups -OCH3 is 1. The van der Waals surface area contributed by atoms with Crippen molar-refractivity contribution in [2.75, 3.05) is 13.7 Å². The highest BCUT2D eigenvalue weighted by Crippen LogP contribution is 2.25. The fraction of sp³-hybridized carbons (Fsp3) is 0.793. The fourth-order valence-electron chi connectivity index (χ4n) is 5.01. The van der Waals surface area contributed by atoms with Crippen LogP contribution in [-0.4, -0.2) is 19.7 Å². The molecule has 1 aromatic carbocycles. The number of hydrogen-bond donors (Lipinski definition) is 1. The van der Waals surface area contributed by atoms with Crippen LogP contribution in [0.3, 0.4) is 0 Å². The molecule has 0 amide bonds. The second kappa shape index (κ2) is 19.7. The summed E-state index contributed by atoms with van der Waals surface area (Å²) in [5, 5.41) is 3.81. The molecule has 0 aliphatic heterocycles. The lowest BCUT2D eigenvalue weighted by molar-refractivity contribution is 0.410. The van der Waals surface area contributed by atoms with Crippen LogP contribution in [0.15, 0.2) is 18.2 Å². The second-order valence-corrected chi connectivity index (χ2v) is 9.83. The Kier molecular flexibility index (Phi) is 18.1. The Bertz CT molecular complexity index is 562. The molecule has 0 spiro atoms. The summed E-state index contributed by atoms with van der Waals surface area (Å²) in [5.74, 6) is 0.998. The number of nitrogens with one attached hydrogen (secondary N) is 1. The lowest BCUT2D eigenvalue weighted by atomic mass is 9.88. The van der Waals surface area contributed by atoms with Gasteiger partial charge >= 0.3 is 0 Å². The third-order valence-electron chi connectivity index (χ3n) is 7.11. The predicted molar refractivity (Wildman–Crippen MR) is 144 cm³/mol. The highest BCUT2D eigenvalue weighted by molar-refractivity contribution is 5.85. The molecule has 0 saturated heterocycles. The maximum Gasteiger partial charge on any atom is 0.119 e. The molecule has 1 aromatic rings. The minimum atomic E-state index is 0. The number of unbranched alkanes of at least 4 members (excludes halogenated alkanes) is 15. The monoisotopic (exact) mass is 465 g/mol. The Labute approximate surface area is 206 Å². The van der Waals surface area contributed by atoms with Gasteiger partial charge in [0.15, 0.2) is 0 Å². The van der Waals surface area contributed by atoms with Gasteiger partial charge in [-0.1, -0.05) is 109 Å². The van der Waals surface area contributed by atoms with Crippen LogP contribution < -0.4 is 10.1 Å². The Balaban J connectivity index is 0.00000512. The molecular formula is C29H52ClNO. The summed E-state index contributed by atoms with van der Waals surface area (Å²) in [7, 11) is 1.76. The van der Waals surface area contributed by atoms with Gasteiger partial charge in [-0.15, -0.1) is 12.4 Å². The zero-order chi connectivity index (χ0) is 22.0. The van der Waals surface area contributed by atoms with Crippen molar-refractivity contribution in [1.29, 1.82) is 0 Å². The van der Waals surface area contributed by atoms with E-state index in [-0.39, 0.29) is 12.4 Å². The molecule has 0 heterocycles. The minimum absolute atomic E-state index is 0. The first-order valence-corrected chi connectivity index (χ1v) is 13.7. The molecule has 0 radical (unpaired) electrons. The number of halogens is 1. The Morgan fingerprint density at radius 3 is 1.81 bits per heavy atom. The molecule has 0 fully saturated rings. The van der Waals surface area contributed by atoms with Gasteiger partial charge in [-0.3, -0.25) is 0 Å². The van der Waals surface area contributed by atoms with Gasteiger partial charge in [-0.05, 0) is 55.5 Å². The summed E-state index contributed by atoms with van der Waals surface area (Å²) in [5.41, 5.74) is 3.00. The summed E-state index contributed by atoms with van der Waals surface area (Å²) in [6.45, 7) is 3.49. The van der Waals surface area contributed by atoms with Crippen LogP contribution in [0.1, 0.15) is 127 Å². The summed E-state index contributed by atoms with van der Waals surface area (Å²) in [6, 6.07) is 7.26. The highest BCUT2D eigenvalue weighted by atomic mass is 35.5. The lowest BCUT2D eigenvalue weighted by Crippen LogP contribution is -2.35. The molecule has 186 valence electrons. The van der Waals surface area contributed by atoms with E-state index < -0.39 is 0 Å². The Morgan fingerprint density at radius 1 is 0.750 bits per heavy atom. The zero-order valence-electron chi connectivity index (χ0n) is 21.3. The molecule has 0 aromatic heterocycles. The first kappa shape index (κ1) is 29.3. The number of rotatable bonds is 19.